The lowest BCUT2D eigenvalue weighted by molar-refractivity contribution is -0.132. The number of aromatic nitrogens is 2. The number of carboxylic acid groups (broad SMARTS) is 1. The molecule has 2 N–H and O–H groups in total. The summed E-state index contributed by atoms with van der Waals surface area (Å²) in [5.41, 5.74) is 2.83. The van der Waals surface area contributed by atoms with Crippen LogP contribution >= 0.6 is 0 Å². The van der Waals surface area contributed by atoms with Crippen molar-refractivity contribution in [1.82, 2.24) is 14.5 Å². The smallest absolute Gasteiger partial charge is 0.337 e. The molecule has 8 heteroatoms. The molecule has 0 saturated carbocycles. The van der Waals surface area contributed by atoms with Crippen LogP contribution in [0.1, 0.15) is 59.0 Å². The van der Waals surface area contributed by atoms with Crippen LogP contribution in [0.25, 0.3) is 10.9 Å². The molecule has 2 atom stereocenters. The maximum Gasteiger partial charge on any atom is 0.337 e. The number of carboxylic acids is 1. The summed E-state index contributed by atoms with van der Waals surface area (Å²) in [5, 5.41) is 13.3. The van der Waals surface area contributed by atoms with Crippen LogP contribution < -0.4 is 10.9 Å². The fourth-order valence-electron chi connectivity index (χ4n) is 4.53. The number of rotatable bonds is 5. The third-order valence-electron chi connectivity index (χ3n) is 6.41. The summed E-state index contributed by atoms with van der Waals surface area (Å²) in [4.78, 5) is 43.8. The molecule has 3 aromatic rings. The molecule has 4 rings (SSSR count). The molecular weight excluding hydrogens is 420 g/mol. The highest BCUT2D eigenvalue weighted by Gasteiger charge is 2.28. The normalized spacial score (nSPS) is 17.3. The summed E-state index contributed by atoms with van der Waals surface area (Å²) < 4.78 is 1.56. The van der Waals surface area contributed by atoms with Crippen LogP contribution in [0.3, 0.4) is 0 Å². The molecular formula is C25H28N4O4. The third-order valence-corrected chi connectivity index (χ3v) is 6.41. The summed E-state index contributed by atoms with van der Waals surface area (Å²) in [6.07, 6.45) is 1.07. The van der Waals surface area contributed by atoms with E-state index in [1.54, 1.807) is 47.8 Å². The van der Waals surface area contributed by atoms with Gasteiger partial charge in [-0.2, -0.15) is 0 Å². The Morgan fingerprint density at radius 1 is 1.21 bits per heavy atom. The maximum atomic E-state index is 13.3. The zero-order valence-corrected chi connectivity index (χ0v) is 19.3. The highest BCUT2D eigenvalue weighted by Crippen LogP contribution is 2.31. The van der Waals surface area contributed by atoms with Gasteiger partial charge in [0.25, 0.3) is 5.56 Å². The first-order valence-corrected chi connectivity index (χ1v) is 11.0. The van der Waals surface area contributed by atoms with Crippen LogP contribution in [0.15, 0.2) is 41.2 Å². The predicted molar refractivity (Wildman–Crippen MR) is 127 cm³/mol. The molecule has 33 heavy (non-hydrogen) atoms. The van der Waals surface area contributed by atoms with E-state index >= 15 is 0 Å². The lowest BCUT2D eigenvalue weighted by atomic mass is 9.94. The van der Waals surface area contributed by atoms with Crippen LogP contribution in [-0.4, -0.2) is 45.0 Å². The molecule has 2 unspecified atom stereocenters. The molecule has 1 saturated heterocycles. The molecule has 0 bridgehead atoms. The van der Waals surface area contributed by atoms with Gasteiger partial charge in [-0.3, -0.25) is 14.2 Å². The quantitative estimate of drug-likeness (QED) is 0.620. The molecule has 1 amide bonds. The van der Waals surface area contributed by atoms with E-state index < -0.39 is 5.97 Å². The van der Waals surface area contributed by atoms with Crippen molar-refractivity contribution in [3.63, 3.8) is 0 Å². The molecule has 1 aliphatic heterocycles. The minimum absolute atomic E-state index is 0.0463. The number of aromatic carboxylic acids is 1. The Balaban J connectivity index is 1.82. The Bertz CT molecular complexity index is 1310. The highest BCUT2D eigenvalue weighted by atomic mass is 16.4. The minimum atomic E-state index is -1.01. The third kappa shape index (κ3) is 4.20. The first kappa shape index (κ1) is 22.5. The van der Waals surface area contributed by atoms with E-state index in [-0.39, 0.29) is 29.0 Å². The number of hydrogen-bond donors (Lipinski definition) is 2. The molecule has 2 aromatic carbocycles. The second kappa shape index (κ2) is 8.69. The van der Waals surface area contributed by atoms with Crippen LogP contribution in [0.5, 0.6) is 0 Å². The number of benzene rings is 2. The van der Waals surface area contributed by atoms with Gasteiger partial charge >= 0.3 is 5.97 Å². The van der Waals surface area contributed by atoms with Gasteiger partial charge in [0.1, 0.15) is 5.82 Å². The van der Waals surface area contributed by atoms with Crippen molar-refractivity contribution in [2.75, 3.05) is 18.9 Å². The van der Waals surface area contributed by atoms with Crippen molar-refractivity contribution in [3.8, 4) is 0 Å². The second-order valence-corrected chi connectivity index (χ2v) is 8.81. The van der Waals surface area contributed by atoms with Crippen molar-refractivity contribution < 1.29 is 14.7 Å². The number of aryl methyl sites for hydroxylation is 1. The van der Waals surface area contributed by atoms with Crippen molar-refractivity contribution in [2.45, 2.75) is 38.6 Å². The average molecular weight is 449 g/mol. The van der Waals surface area contributed by atoms with E-state index in [0.29, 0.717) is 35.4 Å². The van der Waals surface area contributed by atoms with E-state index in [1.807, 2.05) is 26.0 Å². The van der Waals surface area contributed by atoms with Crippen LogP contribution in [0.4, 0.5) is 5.69 Å². The van der Waals surface area contributed by atoms with E-state index in [0.717, 1.165) is 17.5 Å². The highest BCUT2D eigenvalue weighted by molar-refractivity contribution is 5.94. The number of likely N-dealkylation sites (tertiary alicyclic amines) is 1. The Labute approximate surface area is 191 Å². The van der Waals surface area contributed by atoms with Gasteiger partial charge in [0.2, 0.25) is 5.91 Å². The standard InChI is InChI=1S/C25H28N4O4/c1-14-11-18(15(2)26-20-8-6-5-7-17(20)25(32)33)22-19(12-14)24(31)29(4)23(27-22)16-9-10-28(3)21(30)13-16/h5-8,11-12,15-16,26H,9-10,13H2,1-4H3,(H,32,33). The summed E-state index contributed by atoms with van der Waals surface area (Å²) in [7, 11) is 3.49. The molecule has 0 radical (unpaired) electrons. The largest absolute Gasteiger partial charge is 0.478 e. The SMILES string of the molecule is Cc1cc(C(C)Nc2ccccc2C(=O)O)c2nc(C3CCN(C)C(=O)C3)n(C)c(=O)c2c1. The van der Waals surface area contributed by atoms with Crippen LogP contribution in [0.2, 0.25) is 0 Å². The average Bonchev–Trinajstić information content (AvgIpc) is 2.78. The lowest BCUT2D eigenvalue weighted by Crippen LogP contribution is -2.37. The Morgan fingerprint density at radius 2 is 1.94 bits per heavy atom. The first-order chi connectivity index (χ1) is 15.7. The zero-order chi connectivity index (χ0) is 23.9. The number of carbonyl (C=O) groups excluding carboxylic acids is 1. The van der Waals surface area contributed by atoms with Gasteiger partial charge in [-0.05, 0) is 44.0 Å². The summed E-state index contributed by atoms with van der Waals surface area (Å²) in [6.45, 7) is 4.47. The van der Waals surface area contributed by atoms with Gasteiger partial charge < -0.3 is 15.3 Å². The van der Waals surface area contributed by atoms with Crippen molar-refractivity contribution in [3.05, 3.63) is 69.3 Å². The summed E-state index contributed by atoms with van der Waals surface area (Å²) >= 11 is 0. The van der Waals surface area contributed by atoms with Gasteiger partial charge in [-0.25, -0.2) is 9.78 Å². The number of nitrogens with one attached hydrogen (secondary N) is 1. The van der Waals surface area contributed by atoms with Gasteiger partial charge in [-0.15, -0.1) is 0 Å². The van der Waals surface area contributed by atoms with Crippen LogP contribution in [0, 0.1) is 6.92 Å². The van der Waals surface area contributed by atoms with Crippen molar-refractivity contribution in [1.29, 1.82) is 0 Å². The van der Waals surface area contributed by atoms with E-state index in [1.165, 1.54) is 0 Å². The van der Waals surface area contributed by atoms with E-state index in [4.69, 9.17) is 4.98 Å². The van der Waals surface area contributed by atoms with Gasteiger partial charge in [-0.1, -0.05) is 18.2 Å². The van der Waals surface area contributed by atoms with Crippen LogP contribution in [-0.2, 0) is 11.8 Å². The van der Waals surface area contributed by atoms with E-state index in [9.17, 15) is 19.5 Å². The summed E-state index contributed by atoms with van der Waals surface area (Å²) in [6, 6.07) is 10.2. The number of amides is 1. The van der Waals surface area contributed by atoms with E-state index in [2.05, 4.69) is 5.32 Å². The Morgan fingerprint density at radius 3 is 2.64 bits per heavy atom. The van der Waals surface area contributed by atoms with Crippen molar-refractivity contribution in [2.24, 2.45) is 7.05 Å². The number of piperidine rings is 1. The van der Waals surface area contributed by atoms with Crippen molar-refractivity contribution >= 4 is 28.5 Å². The molecule has 1 aromatic heterocycles. The van der Waals surface area contributed by atoms with Gasteiger partial charge in [0.05, 0.1) is 22.5 Å². The predicted octanol–water partition coefficient (Wildman–Crippen LogP) is 3.45. The number of anilines is 1. The molecule has 1 aliphatic rings. The number of nitrogens with zero attached hydrogens (tertiary/aromatic N) is 3. The molecule has 0 aliphatic carbocycles. The molecule has 2 heterocycles. The molecule has 1 fully saturated rings. The fraction of sp³-hybridized carbons (Fsp3) is 0.360. The Kier molecular flexibility index (Phi) is 5.93. The second-order valence-electron chi connectivity index (χ2n) is 8.81. The number of hydrogen-bond acceptors (Lipinski definition) is 5. The zero-order valence-electron chi connectivity index (χ0n) is 19.3. The maximum absolute atomic E-state index is 13.3. The fourth-order valence-corrected chi connectivity index (χ4v) is 4.53. The van der Waals surface area contributed by atoms with Gasteiger partial charge in [0.15, 0.2) is 0 Å². The molecule has 0 spiro atoms. The van der Waals surface area contributed by atoms with Gasteiger partial charge in [0, 0.05) is 44.2 Å². The number of carbonyl (C=O) groups is 2. The molecule has 172 valence electrons. The minimum Gasteiger partial charge on any atom is -0.478 e. The lowest BCUT2D eigenvalue weighted by Gasteiger charge is -2.29. The first-order valence-electron chi connectivity index (χ1n) is 11.0. The summed E-state index contributed by atoms with van der Waals surface area (Å²) in [5.74, 6) is -0.483. The molecule has 8 nitrogen and oxygen atoms in total. The number of para-hydroxylation sites is 1. The monoisotopic (exact) mass is 448 g/mol. The number of fused-ring (bicyclic) bond motifs is 1. The Hall–Kier alpha value is -3.68. The topological polar surface area (TPSA) is 105 Å².